The van der Waals surface area contributed by atoms with E-state index in [0.29, 0.717) is 22.5 Å². The van der Waals surface area contributed by atoms with Crippen LogP contribution in [0.5, 0.6) is 11.5 Å². The van der Waals surface area contributed by atoms with E-state index in [-0.39, 0.29) is 57.5 Å². The van der Waals surface area contributed by atoms with Gasteiger partial charge in [0.2, 0.25) is 12.2 Å². The zero-order valence-corrected chi connectivity index (χ0v) is 28.2. The Morgan fingerprint density at radius 3 is 1.74 bits per heavy atom. The van der Waals surface area contributed by atoms with Gasteiger partial charge in [0, 0.05) is 34.6 Å². The van der Waals surface area contributed by atoms with Crippen molar-refractivity contribution in [3.8, 4) is 11.5 Å². The van der Waals surface area contributed by atoms with Gasteiger partial charge >= 0.3 is 5.97 Å². The number of benzene rings is 3. The molecule has 0 fully saturated rings. The van der Waals surface area contributed by atoms with Crippen LogP contribution in [0.25, 0.3) is 0 Å². The summed E-state index contributed by atoms with van der Waals surface area (Å²) >= 11 is 0. The van der Waals surface area contributed by atoms with E-state index >= 15 is 0 Å². The minimum atomic E-state index is -1.02. The summed E-state index contributed by atoms with van der Waals surface area (Å²) in [4.78, 5) is 16.8. The van der Waals surface area contributed by atoms with Crippen molar-refractivity contribution in [1.82, 2.24) is 0 Å². The molecule has 0 bridgehead atoms. The summed E-state index contributed by atoms with van der Waals surface area (Å²) in [5.41, 5.74) is 5.77. The summed E-state index contributed by atoms with van der Waals surface area (Å²) in [5.74, 6) is -0.480. The molecule has 0 saturated heterocycles. The van der Waals surface area contributed by atoms with Crippen LogP contribution in [0.4, 0.5) is 11.4 Å². The topological polar surface area (TPSA) is 93.1 Å². The Morgan fingerprint density at radius 2 is 1.28 bits per heavy atom. The molecule has 3 aromatic carbocycles. The van der Waals surface area contributed by atoms with Crippen molar-refractivity contribution in [2.24, 2.45) is 4.99 Å². The molecule has 1 radical (unpaired) electrons. The molecule has 43 heavy (non-hydrogen) atoms. The molecule has 3 rings (SSSR count). The first-order valence-corrected chi connectivity index (χ1v) is 14.6. The number of rotatable bonds is 8. The summed E-state index contributed by atoms with van der Waals surface area (Å²) in [5, 5.41) is 32.2. The number of nitrogens with zero attached hydrogens (tertiary/aromatic N) is 2. The van der Waals surface area contributed by atoms with Crippen LogP contribution >= 0.6 is 0 Å². The van der Waals surface area contributed by atoms with Crippen molar-refractivity contribution in [3.63, 3.8) is 0 Å². The van der Waals surface area contributed by atoms with E-state index in [1.807, 2.05) is 70.2 Å². The fourth-order valence-corrected chi connectivity index (χ4v) is 4.77. The number of hydrogen-bond acceptors (Lipinski definition) is 4. The number of aromatic hydroxyl groups is 2. The molecule has 0 unspecified atom stereocenters. The van der Waals surface area contributed by atoms with Crippen LogP contribution in [0.2, 0.25) is 0 Å². The minimum absolute atomic E-state index is 0. The number of hydrogen-bond donors (Lipinski definition) is 3. The largest absolute Gasteiger partial charge is 0.507 e. The van der Waals surface area contributed by atoms with Gasteiger partial charge in [-0.1, -0.05) is 93.5 Å². The van der Waals surface area contributed by atoms with Gasteiger partial charge in [-0.2, -0.15) is 4.58 Å². The van der Waals surface area contributed by atoms with Crippen LogP contribution < -0.4 is 0 Å². The van der Waals surface area contributed by atoms with Gasteiger partial charge in [0.1, 0.15) is 17.2 Å². The van der Waals surface area contributed by atoms with Crippen LogP contribution in [0.3, 0.4) is 0 Å². The Kier molecular flexibility index (Phi) is 11.6. The van der Waals surface area contributed by atoms with Crippen LogP contribution in [-0.2, 0) is 32.4 Å². The Morgan fingerprint density at radius 1 is 0.814 bits per heavy atom. The number of carboxylic acid groups (broad SMARTS) is 1. The first kappa shape index (κ1) is 35.8. The molecular formula is C36H47CoN2O4+. The Balaban J connectivity index is 0.00000645. The second-order valence-electron chi connectivity index (χ2n) is 13.7. The normalized spacial score (nSPS) is 12.7. The van der Waals surface area contributed by atoms with Crippen molar-refractivity contribution < 1.29 is 41.5 Å². The standard InChI is InChI=1S/C36H46N2O4.Co/c1-22(2)28-17-26(35(5,6)7)15-24(33(28)41)19-37-30-13-11-12-14-31(30)38(21-32(39)40)20-25-16-27(36(8,9)10)18-29(23(3)4)34(25)42;/h11-20,22-23H,21H2,1-10H3,(H2,37,39,40,41);/p+1. The van der Waals surface area contributed by atoms with Gasteiger partial charge in [0.25, 0.3) is 0 Å². The van der Waals surface area contributed by atoms with Crippen molar-refractivity contribution in [2.45, 2.75) is 91.9 Å². The maximum atomic E-state index is 12.0. The Bertz CT molecular complexity index is 1520. The maximum Gasteiger partial charge on any atom is 0.370 e. The van der Waals surface area contributed by atoms with Gasteiger partial charge < -0.3 is 15.3 Å². The predicted molar refractivity (Wildman–Crippen MR) is 173 cm³/mol. The fraction of sp³-hybridized carbons (Fsp3) is 0.417. The van der Waals surface area contributed by atoms with Crippen LogP contribution in [0, 0.1) is 0 Å². The molecule has 0 saturated carbocycles. The van der Waals surface area contributed by atoms with Crippen LogP contribution in [0.1, 0.15) is 114 Å². The zero-order chi connectivity index (χ0) is 31.6. The number of aliphatic carboxylic acids is 1. The quantitative estimate of drug-likeness (QED) is 0.172. The molecule has 0 amide bonds. The first-order valence-electron chi connectivity index (χ1n) is 14.6. The number of aliphatic imine (C=N–C) groups is 1. The molecule has 0 spiro atoms. The van der Waals surface area contributed by atoms with Crippen LogP contribution in [0.15, 0.2) is 53.5 Å². The van der Waals surface area contributed by atoms with Crippen molar-refractivity contribution >= 4 is 29.8 Å². The average Bonchev–Trinajstić information content (AvgIpc) is 2.87. The van der Waals surface area contributed by atoms with Gasteiger partial charge in [-0.3, -0.25) is 0 Å². The first-order chi connectivity index (χ1) is 19.4. The summed E-state index contributed by atoms with van der Waals surface area (Å²) < 4.78 is 1.60. The van der Waals surface area contributed by atoms with Gasteiger partial charge in [-0.15, -0.1) is 0 Å². The van der Waals surface area contributed by atoms with Crippen molar-refractivity contribution in [2.75, 3.05) is 6.54 Å². The molecular weight excluding hydrogens is 583 g/mol. The third-order valence-corrected chi connectivity index (χ3v) is 7.45. The predicted octanol–water partition coefficient (Wildman–Crippen LogP) is 8.54. The van der Waals surface area contributed by atoms with E-state index in [0.717, 1.165) is 22.3 Å². The third kappa shape index (κ3) is 8.80. The van der Waals surface area contributed by atoms with Gasteiger partial charge in [-0.25, -0.2) is 9.79 Å². The SMILES string of the molecule is CC(C)c1cc(C(C)(C)C)cc(C=Nc2ccccc2[N+](=Cc2cc(C(C)(C)C)cc(C(C)C)c2O)CC(=O)O)c1O.[Co]. The maximum absolute atomic E-state index is 12.0. The number of carbonyl (C=O) groups is 1. The molecule has 3 N–H and O–H groups in total. The van der Waals surface area contributed by atoms with Crippen LogP contribution in [-0.4, -0.2) is 44.8 Å². The number of phenols is 2. The number of phenolic OH excluding ortho intramolecular Hbond substituents is 2. The van der Waals surface area contributed by atoms with E-state index in [1.165, 1.54) is 0 Å². The number of para-hydroxylation sites is 2. The molecule has 0 aromatic heterocycles. The van der Waals surface area contributed by atoms with E-state index in [1.54, 1.807) is 17.0 Å². The molecule has 6 nitrogen and oxygen atoms in total. The summed E-state index contributed by atoms with van der Waals surface area (Å²) in [6.45, 7) is 20.6. The Hall–Kier alpha value is -3.42. The van der Waals surface area contributed by atoms with Gasteiger partial charge in [-0.05, 0) is 63.1 Å². The van der Waals surface area contributed by atoms with E-state index in [4.69, 9.17) is 4.99 Å². The molecule has 0 atom stereocenters. The molecule has 0 aliphatic carbocycles. The fourth-order valence-electron chi connectivity index (χ4n) is 4.77. The van der Waals surface area contributed by atoms with Crippen molar-refractivity contribution in [3.05, 3.63) is 81.9 Å². The molecule has 0 aliphatic heterocycles. The second kappa shape index (κ2) is 13.9. The monoisotopic (exact) mass is 630 g/mol. The summed E-state index contributed by atoms with van der Waals surface area (Å²) in [6.07, 6.45) is 3.33. The van der Waals surface area contributed by atoms with Gasteiger partial charge in [0.15, 0.2) is 6.21 Å². The average molecular weight is 631 g/mol. The summed E-state index contributed by atoms with van der Waals surface area (Å²) in [6, 6.07) is 15.3. The molecule has 3 aromatic rings. The molecule has 233 valence electrons. The zero-order valence-electron chi connectivity index (χ0n) is 27.1. The number of carboxylic acids is 1. The Labute approximate surface area is 267 Å². The molecule has 0 aliphatic rings. The van der Waals surface area contributed by atoms with E-state index in [9.17, 15) is 20.1 Å². The molecule has 0 heterocycles. The summed E-state index contributed by atoms with van der Waals surface area (Å²) in [7, 11) is 0. The van der Waals surface area contributed by atoms with Gasteiger partial charge in [0.05, 0.1) is 5.56 Å². The third-order valence-electron chi connectivity index (χ3n) is 7.45. The smallest absolute Gasteiger partial charge is 0.370 e. The molecule has 7 heteroatoms. The van der Waals surface area contributed by atoms with Crippen molar-refractivity contribution in [1.29, 1.82) is 0 Å². The second-order valence-corrected chi connectivity index (χ2v) is 13.7. The van der Waals surface area contributed by atoms with E-state index in [2.05, 4.69) is 47.6 Å². The van der Waals surface area contributed by atoms with E-state index < -0.39 is 5.97 Å². The minimum Gasteiger partial charge on any atom is -0.507 e.